The van der Waals surface area contributed by atoms with Crippen LogP contribution in [0.25, 0.3) is 0 Å². The molecule has 2 atom stereocenters. The van der Waals surface area contributed by atoms with E-state index in [1.165, 1.54) is 11.8 Å². The second kappa shape index (κ2) is 5.24. The van der Waals surface area contributed by atoms with E-state index in [2.05, 4.69) is 5.32 Å². The lowest BCUT2D eigenvalue weighted by Crippen LogP contribution is -2.58. The lowest BCUT2D eigenvalue weighted by molar-refractivity contribution is -0.148. The Bertz CT molecular complexity index is 371. The summed E-state index contributed by atoms with van der Waals surface area (Å²) in [6.45, 7) is 3.57. The smallest absolute Gasteiger partial charge is 0.329 e. The van der Waals surface area contributed by atoms with E-state index in [0.29, 0.717) is 25.8 Å². The van der Waals surface area contributed by atoms with Gasteiger partial charge in [-0.1, -0.05) is 6.92 Å². The minimum Gasteiger partial charge on any atom is -0.479 e. The van der Waals surface area contributed by atoms with E-state index in [1.54, 1.807) is 6.92 Å². The predicted molar refractivity (Wildman–Crippen MR) is 63.8 cm³/mol. The molecule has 18 heavy (non-hydrogen) atoms. The first-order valence-corrected chi connectivity index (χ1v) is 5.96. The monoisotopic (exact) mass is 257 g/mol. The number of hydrogen-bond acceptors (Lipinski definition) is 3. The van der Waals surface area contributed by atoms with Crippen molar-refractivity contribution in [2.75, 3.05) is 6.54 Å². The number of nitrogens with zero attached hydrogens (tertiary/aromatic N) is 1. The SMILES string of the molecule is CCC1(C(=O)O)CCCN1C(=O)NC(C)C(N)=O. The molecule has 7 heteroatoms. The fourth-order valence-corrected chi connectivity index (χ4v) is 2.25. The van der Waals surface area contributed by atoms with Crippen molar-refractivity contribution in [1.29, 1.82) is 0 Å². The molecule has 1 rings (SSSR count). The minimum atomic E-state index is -1.17. The molecule has 0 saturated carbocycles. The van der Waals surface area contributed by atoms with E-state index >= 15 is 0 Å². The van der Waals surface area contributed by atoms with Crippen LogP contribution in [0.2, 0.25) is 0 Å². The number of urea groups is 1. The van der Waals surface area contributed by atoms with Crippen LogP contribution in [0.1, 0.15) is 33.1 Å². The number of likely N-dealkylation sites (tertiary alicyclic amines) is 1. The Kier molecular flexibility index (Phi) is 4.15. The van der Waals surface area contributed by atoms with Crippen molar-refractivity contribution in [3.8, 4) is 0 Å². The third-order valence-electron chi connectivity index (χ3n) is 3.48. The number of carbonyl (C=O) groups is 3. The lowest BCUT2D eigenvalue weighted by atomic mass is 9.93. The summed E-state index contributed by atoms with van der Waals surface area (Å²) in [5, 5.41) is 11.7. The van der Waals surface area contributed by atoms with E-state index in [0.717, 1.165) is 0 Å². The zero-order valence-corrected chi connectivity index (χ0v) is 10.6. The molecule has 0 spiro atoms. The van der Waals surface area contributed by atoms with Gasteiger partial charge in [-0.15, -0.1) is 0 Å². The Labute approximate surface area is 105 Å². The van der Waals surface area contributed by atoms with Gasteiger partial charge < -0.3 is 21.1 Å². The predicted octanol–water partition coefficient (Wildman–Crippen LogP) is -0.101. The van der Waals surface area contributed by atoms with Gasteiger partial charge in [0.25, 0.3) is 0 Å². The highest BCUT2D eigenvalue weighted by Gasteiger charge is 2.48. The molecule has 0 aromatic rings. The normalized spacial score (nSPS) is 24.7. The van der Waals surface area contributed by atoms with E-state index in [4.69, 9.17) is 5.73 Å². The fraction of sp³-hybridized carbons (Fsp3) is 0.727. The molecular weight excluding hydrogens is 238 g/mol. The molecule has 3 amide bonds. The fourth-order valence-electron chi connectivity index (χ4n) is 2.25. The molecule has 0 radical (unpaired) electrons. The maximum atomic E-state index is 12.0. The van der Waals surface area contributed by atoms with Gasteiger partial charge in [0.05, 0.1) is 0 Å². The van der Waals surface area contributed by atoms with Crippen molar-refractivity contribution in [2.45, 2.75) is 44.7 Å². The first kappa shape index (κ1) is 14.3. The maximum absolute atomic E-state index is 12.0. The van der Waals surface area contributed by atoms with Crippen LogP contribution in [-0.4, -0.2) is 46.0 Å². The van der Waals surface area contributed by atoms with Crippen LogP contribution in [0.5, 0.6) is 0 Å². The molecule has 1 aliphatic heterocycles. The van der Waals surface area contributed by atoms with Crippen LogP contribution >= 0.6 is 0 Å². The van der Waals surface area contributed by atoms with Crippen molar-refractivity contribution >= 4 is 17.9 Å². The Morgan fingerprint density at radius 3 is 2.56 bits per heavy atom. The molecule has 0 bridgehead atoms. The van der Waals surface area contributed by atoms with Gasteiger partial charge in [0.15, 0.2) is 0 Å². The van der Waals surface area contributed by atoms with Gasteiger partial charge in [-0.25, -0.2) is 9.59 Å². The number of nitrogens with two attached hydrogens (primary N) is 1. The van der Waals surface area contributed by atoms with Crippen LogP contribution < -0.4 is 11.1 Å². The molecular formula is C11H19N3O4. The zero-order chi connectivity index (χ0) is 13.9. The summed E-state index contributed by atoms with van der Waals surface area (Å²) >= 11 is 0. The van der Waals surface area contributed by atoms with E-state index in [-0.39, 0.29) is 0 Å². The summed E-state index contributed by atoms with van der Waals surface area (Å²) in [6, 6.07) is -1.37. The van der Waals surface area contributed by atoms with Crippen LogP contribution in [0, 0.1) is 0 Å². The van der Waals surface area contributed by atoms with Gasteiger partial charge >= 0.3 is 12.0 Å². The molecule has 1 heterocycles. The zero-order valence-electron chi connectivity index (χ0n) is 10.6. The van der Waals surface area contributed by atoms with Crippen LogP contribution in [0.15, 0.2) is 0 Å². The van der Waals surface area contributed by atoms with Crippen molar-refractivity contribution < 1.29 is 19.5 Å². The number of primary amides is 1. The third-order valence-corrected chi connectivity index (χ3v) is 3.48. The first-order chi connectivity index (χ1) is 8.35. The van der Waals surface area contributed by atoms with Gasteiger partial charge in [-0.2, -0.15) is 0 Å². The number of carboxylic acid groups (broad SMARTS) is 1. The van der Waals surface area contributed by atoms with E-state index in [1.807, 2.05) is 0 Å². The van der Waals surface area contributed by atoms with Crippen LogP contribution in [0.3, 0.4) is 0 Å². The summed E-state index contributed by atoms with van der Waals surface area (Å²) in [5.41, 5.74) is 3.89. The Hall–Kier alpha value is -1.79. The summed E-state index contributed by atoms with van der Waals surface area (Å²) in [7, 11) is 0. The highest BCUT2D eigenvalue weighted by Crippen LogP contribution is 2.32. The average Bonchev–Trinajstić information content (AvgIpc) is 2.73. The number of nitrogens with one attached hydrogen (secondary N) is 1. The number of hydrogen-bond donors (Lipinski definition) is 3. The molecule has 2 unspecified atom stereocenters. The molecule has 0 aromatic carbocycles. The Balaban J connectivity index is 2.84. The quantitative estimate of drug-likeness (QED) is 0.652. The summed E-state index contributed by atoms with van der Waals surface area (Å²) in [4.78, 5) is 35.5. The summed E-state index contributed by atoms with van der Waals surface area (Å²) in [6.07, 6.45) is 1.40. The number of aliphatic carboxylic acids is 1. The van der Waals surface area contributed by atoms with Crippen molar-refractivity contribution in [3.63, 3.8) is 0 Å². The molecule has 1 fully saturated rings. The molecule has 1 saturated heterocycles. The topological polar surface area (TPSA) is 113 Å². The van der Waals surface area contributed by atoms with Crippen LogP contribution in [0.4, 0.5) is 4.79 Å². The largest absolute Gasteiger partial charge is 0.479 e. The minimum absolute atomic E-state index is 0.334. The van der Waals surface area contributed by atoms with E-state index in [9.17, 15) is 19.5 Å². The highest BCUT2D eigenvalue weighted by atomic mass is 16.4. The van der Waals surface area contributed by atoms with Crippen molar-refractivity contribution in [2.24, 2.45) is 5.73 Å². The highest BCUT2D eigenvalue weighted by molar-refractivity contribution is 5.90. The third kappa shape index (κ3) is 2.39. The summed E-state index contributed by atoms with van der Waals surface area (Å²) in [5.74, 6) is -1.66. The molecule has 0 aliphatic carbocycles. The number of carboxylic acids is 1. The maximum Gasteiger partial charge on any atom is 0.329 e. The Morgan fingerprint density at radius 2 is 2.11 bits per heavy atom. The van der Waals surface area contributed by atoms with Crippen molar-refractivity contribution in [1.82, 2.24) is 10.2 Å². The van der Waals surface area contributed by atoms with Gasteiger partial charge in [0.1, 0.15) is 11.6 Å². The standard InChI is InChI=1S/C11H19N3O4/c1-3-11(9(16)17)5-4-6-14(11)10(18)13-7(2)8(12)15/h7H,3-6H2,1-2H3,(H2,12,15)(H,13,18)(H,16,17). The van der Waals surface area contributed by atoms with Crippen LogP contribution in [-0.2, 0) is 9.59 Å². The molecule has 0 aromatic heterocycles. The number of carbonyl (C=O) groups excluding carboxylic acids is 2. The summed E-state index contributed by atoms with van der Waals surface area (Å²) < 4.78 is 0. The second-order valence-electron chi connectivity index (χ2n) is 4.52. The van der Waals surface area contributed by atoms with Gasteiger partial charge in [0, 0.05) is 6.54 Å². The Morgan fingerprint density at radius 1 is 1.50 bits per heavy atom. The first-order valence-electron chi connectivity index (χ1n) is 5.96. The average molecular weight is 257 g/mol. The van der Waals surface area contributed by atoms with E-state index < -0.39 is 29.5 Å². The molecule has 4 N–H and O–H groups in total. The number of rotatable bonds is 4. The van der Waals surface area contributed by atoms with Gasteiger partial charge in [0.2, 0.25) is 5.91 Å². The van der Waals surface area contributed by atoms with Crippen molar-refractivity contribution in [3.05, 3.63) is 0 Å². The molecule has 102 valence electrons. The molecule has 1 aliphatic rings. The van der Waals surface area contributed by atoms with Gasteiger partial charge in [-0.3, -0.25) is 4.79 Å². The number of amides is 3. The molecule has 7 nitrogen and oxygen atoms in total. The lowest BCUT2D eigenvalue weighted by Gasteiger charge is -2.34. The second-order valence-corrected chi connectivity index (χ2v) is 4.52. The van der Waals surface area contributed by atoms with Gasteiger partial charge in [-0.05, 0) is 26.2 Å².